The Morgan fingerprint density at radius 3 is 2.95 bits per heavy atom. The predicted molar refractivity (Wildman–Crippen MR) is 141 cm³/mol. The third-order valence-corrected chi connectivity index (χ3v) is 8.36. The van der Waals surface area contributed by atoms with Crippen molar-refractivity contribution in [3.63, 3.8) is 0 Å². The minimum Gasteiger partial charge on any atom is -0.368 e. The molecule has 195 valence electrons. The highest BCUT2D eigenvalue weighted by atomic mass is 35.5. The monoisotopic (exact) mass is 561 g/mol. The standard InChI is InChI=1S/C25H26ClN4O5S2/c1-14-19(24-20-9-17(26)4-3-16(20)6-7-34-24)10-22(36-14)23(31)21-11-28-13-29-25(21)30-18-5-2-15(8-18)12-35-37(27,32)33/h3-4,9-11,13,18,24H,2,5-8,12H2,1H3,(H2,27,32,33)(H,28,29,30)/t18-,24+/m1/s1. The van der Waals surface area contributed by atoms with Crippen molar-refractivity contribution in [2.45, 2.75) is 44.8 Å². The van der Waals surface area contributed by atoms with Gasteiger partial charge in [-0.25, -0.2) is 15.1 Å². The molecule has 2 aliphatic rings. The highest BCUT2D eigenvalue weighted by molar-refractivity contribution is 7.84. The summed E-state index contributed by atoms with van der Waals surface area (Å²) in [6.07, 6.45) is 5.50. The minimum absolute atomic E-state index is 0.0157. The van der Waals surface area contributed by atoms with E-state index in [1.165, 1.54) is 29.4 Å². The van der Waals surface area contributed by atoms with Crippen LogP contribution < -0.4 is 10.5 Å². The second-order valence-electron chi connectivity index (χ2n) is 9.17. The molecule has 0 bridgehead atoms. The number of anilines is 1. The molecule has 3 N–H and O–H groups in total. The predicted octanol–water partition coefficient (Wildman–Crippen LogP) is 4.15. The number of hydrogen-bond acceptors (Lipinski definition) is 9. The number of hydrogen-bond donors (Lipinski definition) is 2. The molecule has 12 heteroatoms. The lowest BCUT2D eigenvalue weighted by Gasteiger charge is -2.26. The number of aromatic nitrogens is 2. The summed E-state index contributed by atoms with van der Waals surface area (Å²) in [5, 5.41) is 8.90. The van der Waals surface area contributed by atoms with E-state index in [-0.39, 0.29) is 24.5 Å². The molecule has 3 aromatic rings. The van der Waals surface area contributed by atoms with Gasteiger partial charge in [0, 0.05) is 28.1 Å². The van der Waals surface area contributed by atoms with Crippen molar-refractivity contribution in [1.29, 1.82) is 0 Å². The molecule has 1 aromatic carbocycles. The van der Waals surface area contributed by atoms with Crippen molar-refractivity contribution in [3.05, 3.63) is 79.7 Å². The van der Waals surface area contributed by atoms with Crippen LogP contribution in [0.2, 0.25) is 5.02 Å². The van der Waals surface area contributed by atoms with Gasteiger partial charge in [-0.3, -0.25) is 8.98 Å². The van der Waals surface area contributed by atoms with Crippen LogP contribution in [0, 0.1) is 12.8 Å². The first-order valence-electron chi connectivity index (χ1n) is 11.8. The molecule has 1 radical (unpaired) electrons. The van der Waals surface area contributed by atoms with E-state index in [0.29, 0.717) is 40.7 Å². The van der Waals surface area contributed by atoms with Crippen LogP contribution in [0.3, 0.4) is 0 Å². The fraction of sp³-hybridized carbons (Fsp3) is 0.360. The van der Waals surface area contributed by atoms with E-state index in [9.17, 15) is 13.2 Å². The van der Waals surface area contributed by atoms with E-state index in [1.807, 2.05) is 31.2 Å². The van der Waals surface area contributed by atoms with Gasteiger partial charge in [0.25, 0.3) is 0 Å². The van der Waals surface area contributed by atoms with Crippen LogP contribution in [0.25, 0.3) is 0 Å². The van der Waals surface area contributed by atoms with Gasteiger partial charge in [-0.15, -0.1) is 11.3 Å². The molecule has 2 atom stereocenters. The first kappa shape index (κ1) is 26.2. The molecule has 5 rings (SSSR count). The zero-order valence-corrected chi connectivity index (χ0v) is 22.5. The van der Waals surface area contributed by atoms with E-state index in [4.69, 9.17) is 25.7 Å². The van der Waals surface area contributed by atoms with Crippen LogP contribution in [-0.2, 0) is 25.6 Å². The smallest absolute Gasteiger partial charge is 0.333 e. The Morgan fingerprint density at radius 2 is 2.14 bits per heavy atom. The average Bonchev–Trinajstić information content (AvgIpc) is 3.48. The molecule has 0 saturated heterocycles. The van der Waals surface area contributed by atoms with Crippen molar-refractivity contribution in [1.82, 2.24) is 9.97 Å². The highest BCUT2D eigenvalue weighted by Crippen LogP contribution is 2.39. The van der Waals surface area contributed by atoms with Gasteiger partial charge >= 0.3 is 10.3 Å². The normalized spacial score (nSPS) is 20.1. The quantitative estimate of drug-likeness (QED) is 0.392. The van der Waals surface area contributed by atoms with Crippen LogP contribution in [0.1, 0.15) is 62.2 Å². The van der Waals surface area contributed by atoms with Crippen molar-refractivity contribution in [2.24, 2.45) is 5.14 Å². The Labute approximate surface area is 224 Å². The van der Waals surface area contributed by atoms with Gasteiger partial charge in [0.05, 0.1) is 23.7 Å². The van der Waals surface area contributed by atoms with Crippen LogP contribution >= 0.6 is 22.9 Å². The molecule has 2 aromatic heterocycles. The summed E-state index contributed by atoms with van der Waals surface area (Å²) in [7, 11) is -3.99. The van der Waals surface area contributed by atoms with Gasteiger partial charge in [0.2, 0.25) is 5.78 Å². The number of halogens is 1. The number of thiophene rings is 1. The summed E-state index contributed by atoms with van der Waals surface area (Å²) in [5.41, 5.74) is 3.55. The number of nitrogens with one attached hydrogen (secondary N) is 1. The number of nitrogens with two attached hydrogens (primary N) is 1. The number of benzene rings is 1. The fourth-order valence-corrected chi connectivity index (χ4v) is 6.34. The van der Waals surface area contributed by atoms with Crippen molar-refractivity contribution < 1.29 is 22.1 Å². The summed E-state index contributed by atoms with van der Waals surface area (Å²) >= 11 is 7.69. The molecular formula is C25H26ClN4O5S2. The number of aryl methyl sites for hydroxylation is 1. The molecule has 37 heavy (non-hydrogen) atoms. The summed E-state index contributed by atoms with van der Waals surface area (Å²) in [4.78, 5) is 23.6. The average molecular weight is 562 g/mol. The molecule has 0 amide bonds. The third kappa shape index (κ3) is 6.02. The highest BCUT2D eigenvalue weighted by Gasteiger charge is 2.30. The molecule has 9 nitrogen and oxygen atoms in total. The first-order valence-corrected chi connectivity index (χ1v) is 14.5. The van der Waals surface area contributed by atoms with E-state index in [0.717, 1.165) is 34.8 Å². The number of rotatable bonds is 8. The second-order valence-corrected chi connectivity index (χ2v) is 12.1. The maximum Gasteiger partial charge on any atom is 0.333 e. The van der Waals surface area contributed by atoms with Gasteiger partial charge in [0.15, 0.2) is 0 Å². The molecule has 1 fully saturated rings. The largest absolute Gasteiger partial charge is 0.368 e. The van der Waals surface area contributed by atoms with Crippen LogP contribution in [0.5, 0.6) is 0 Å². The maximum absolute atomic E-state index is 13.6. The zero-order chi connectivity index (χ0) is 26.2. The lowest BCUT2D eigenvalue weighted by molar-refractivity contribution is 0.0697. The number of nitrogens with zero attached hydrogens (tertiary/aromatic N) is 2. The number of carbonyl (C=O) groups is 1. The number of ether oxygens (including phenoxy) is 1. The lowest BCUT2D eigenvalue weighted by Crippen LogP contribution is -2.21. The number of fused-ring (bicyclic) bond motifs is 1. The van der Waals surface area contributed by atoms with E-state index in [1.54, 1.807) is 0 Å². The van der Waals surface area contributed by atoms with Gasteiger partial charge in [-0.05, 0) is 67.5 Å². The minimum atomic E-state index is -3.99. The second kappa shape index (κ2) is 10.8. The van der Waals surface area contributed by atoms with Gasteiger partial charge in [-0.1, -0.05) is 17.7 Å². The molecule has 0 spiro atoms. The Hall–Kier alpha value is -2.41. The van der Waals surface area contributed by atoms with Crippen molar-refractivity contribution in [2.75, 3.05) is 18.5 Å². The zero-order valence-electron chi connectivity index (χ0n) is 20.1. The third-order valence-electron chi connectivity index (χ3n) is 6.62. The van der Waals surface area contributed by atoms with Crippen molar-refractivity contribution >= 4 is 44.8 Å². The fourth-order valence-electron chi connectivity index (χ4n) is 4.83. The van der Waals surface area contributed by atoms with Gasteiger partial charge in [-0.2, -0.15) is 8.42 Å². The Morgan fingerprint density at radius 1 is 1.30 bits per heavy atom. The SMILES string of the molecule is Cc1sc(C(=O)c2cncnc2N[C@@H]2CC[C](COS(N)(=O)=O)C2)cc1[C@@H]1OCCc2ccc(Cl)cc21. The van der Waals surface area contributed by atoms with Crippen LogP contribution in [-0.4, -0.2) is 43.4 Å². The summed E-state index contributed by atoms with van der Waals surface area (Å²) in [5.74, 6) is 1.20. The summed E-state index contributed by atoms with van der Waals surface area (Å²) in [6, 6.07) is 7.74. The van der Waals surface area contributed by atoms with E-state index < -0.39 is 10.3 Å². The molecule has 3 heterocycles. The summed E-state index contributed by atoms with van der Waals surface area (Å²) in [6.45, 7) is 2.54. The Bertz CT molecular complexity index is 1430. The maximum atomic E-state index is 13.6. The topological polar surface area (TPSA) is 133 Å². The van der Waals surface area contributed by atoms with Gasteiger partial charge < -0.3 is 10.1 Å². The molecule has 1 saturated carbocycles. The van der Waals surface area contributed by atoms with Crippen molar-refractivity contribution in [3.8, 4) is 0 Å². The Balaban J connectivity index is 1.34. The Kier molecular flexibility index (Phi) is 7.62. The first-order chi connectivity index (χ1) is 17.7. The van der Waals surface area contributed by atoms with E-state index >= 15 is 0 Å². The van der Waals surface area contributed by atoms with Gasteiger partial charge in [0.1, 0.15) is 18.2 Å². The number of carbonyl (C=O) groups excluding carboxylic acids is 1. The summed E-state index contributed by atoms with van der Waals surface area (Å²) < 4.78 is 33.0. The lowest BCUT2D eigenvalue weighted by atomic mass is 9.93. The van der Waals surface area contributed by atoms with E-state index in [2.05, 4.69) is 15.3 Å². The molecule has 0 unspecified atom stereocenters. The van der Waals surface area contributed by atoms with Crippen LogP contribution in [0.15, 0.2) is 36.8 Å². The molecule has 1 aliphatic heterocycles. The number of ketones is 1. The molecule has 1 aliphatic carbocycles. The van der Waals surface area contributed by atoms with Crippen LogP contribution in [0.4, 0.5) is 5.82 Å². The molecular weight excluding hydrogens is 536 g/mol.